The van der Waals surface area contributed by atoms with E-state index in [-0.39, 0.29) is 5.91 Å². The quantitative estimate of drug-likeness (QED) is 0.635. The SMILES string of the molecule is COc1ccccc1CCCNC(=O)[C@H](C)N(c1ccc(C)c(C)c1)S(C)(=O)=O. The molecule has 2 aromatic rings. The second kappa shape index (κ2) is 9.78. The molecule has 0 aliphatic rings. The molecule has 0 heterocycles. The second-order valence-corrected chi connectivity index (χ2v) is 9.07. The molecule has 0 spiro atoms. The minimum atomic E-state index is -3.62. The number of sulfonamides is 1. The van der Waals surface area contributed by atoms with Gasteiger partial charge in [0.25, 0.3) is 0 Å². The van der Waals surface area contributed by atoms with E-state index >= 15 is 0 Å². The zero-order valence-electron chi connectivity index (χ0n) is 17.7. The van der Waals surface area contributed by atoms with Crippen molar-refractivity contribution in [1.29, 1.82) is 0 Å². The van der Waals surface area contributed by atoms with Crippen molar-refractivity contribution in [2.75, 3.05) is 24.2 Å². The van der Waals surface area contributed by atoms with Gasteiger partial charge in [-0.1, -0.05) is 24.3 Å². The lowest BCUT2D eigenvalue weighted by Crippen LogP contribution is -2.48. The van der Waals surface area contributed by atoms with E-state index in [2.05, 4.69) is 5.32 Å². The number of aryl methyl sites for hydroxylation is 3. The Bertz CT molecular complexity index is 957. The smallest absolute Gasteiger partial charge is 0.243 e. The first kappa shape index (κ1) is 22.7. The fraction of sp³-hybridized carbons (Fsp3) is 0.409. The molecule has 0 aliphatic carbocycles. The highest BCUT2D eigenvalue weighted by atomic mass is 32.2. The molecule has 2 rings (SSSR count). The predicted octanol–water partition coefficient (Wildman–Crippen LogP) is 3.22. The van der Waals surface area contributed by atoms with Gasteiger partial charge in [0, 0.05) is 6.54 Å². The monoisotopic (exact) mass is 418 g/mol. The first-order valence-electron chi connectivity index (χ1n) is 9.61. The first-order valence-corrected chi connectivity index (χ1v) is 11.5. The molecule has 29 heavy (non-hydrogen) atoms. The maximum atomic E-state index is 12.6. The van der Waals surface area contributed by atoms with E-state index in [9.17, 15) is 13.2 Å². The summed E-state index contributed by atoms with van der Waals surface area (Å²) >= 11 is 0. The maximum absolute atomic E-state index is 12.6. The van der Waals surface area contributed by atoms with E-state index in [1.54, 1.807) is 26.2 Å². The third-order valence-electron chi connectivity index (χ3n) is 4.95. The Hall–Kier alpha value is -2.54. The van der Waals surface area contributed by atoms with E-state index in [4.69, 9.17) is 4.74 Å². The number of rotatable bonds is 9. The number of benzene rings is 2. The summed E-state index contributed by atoms with van der Waals surface area (Å²) in [6, 6.07) is 12.3. The van der Waals surface area contributed by atoms with Crippen LogP contribution in [0.25, 0.3) is 0 Å². The van der Waals surface area contributed by atoms with Crippen LogP contribution in [0.4, 0.5) is 5.69 Å². The van der Waals surface area contributed by atoms with Crippen molar-refractivity contribution in [2.45, 2.75) is 39.7 Å². The summed E-state index contributed by atoms with van der Waals surface area (Å²) in [4.78, 5) is 12.6. The Morgan fingerprint density at radius 2 is 1.83 bits per heavy atom. The highest BCUT2D eigenvalue weighted by Gasteiger charge is 2.29. The number of carbonyl (C=O) groups is 1. The van der Waals surface area contributed by atoms with Crippen LogP contribution in [-0.4, -0.2) is 40.3 Å². The summed E-state index contributed by atoms with van der Waals surface area (Å²) in [7, 11) is -1.98. The molecule has 1 atom stereocenters. The molecule has 1 N–H and O–H groups in total. The van der Waals surface area contributed by atoms with Gasteiger partial charge in [-0.2, -0.15) is 0 Å². The van der Waals surface area contributed by atoms with Crippen LogP contribution in [0.2, 0.25) is 0 Å². The number of carbonyl (C=O) groups excluding carboxylic acids is 1. The normalized spacial score (nSPS) is 12.3. The lowest BCUT2D eigenvalue weighted by atomic mass is 10.1. The van der Waals surface area contributed by atoms with Gasteiger partial charge < -0.3 is 10.1 Å². The van der Waals surface area contributed by atoms with Crippen LogP contribution in [0.5, 0.6) is 5.75 Å². The molecule has 0 bridgehead atoms. The number of nitrogens with one attached hydrogen (secondary N) is 1. The van der Waals surface area contributed by atoms with Crippen LogP contribution in [0.3, 0.4) is 0 Å². The number of ether oxygens (including phenoxy) is 1. The minimum Gasteiger partial charge on any atom is -0.496 e. The molecule has 0 saturated heterocycles. The maximum Gasteiger partial charge on any atom is 0.243 e. The Balaban J connectivity index is 2.03. The van der Waals surface area contributed by atoms with Crippen molar-refractivity contribution < 1.29 is 17.9 Å². The number of anilines is 1. The van der Waals surface area contributed by atoms with Crippen molar-refractivity contribution in [2.24, 2.45) is 0 Å². The highest BCUT2D eigenvalue weighted by molar-refractivity contribution is 7.92. The summed E-state index contributed by atoms with van der Waals surface area (Å²) in [5, 5.41) is 2.85. The number of amides is 1. The van der Waals surface area contributed by atoms with Crippen LogP contribution < -0.4 is 14.4 Å². The van der Waals surface area contributed by atoms with Crippen LogP contribution in [0.15, 0.2) is 42.5 Å². The van der Waals surface area contributed by atoms with Gasteiger partial charge in [0.15, 0.2) is 0 Å². The van der Waals surface area contributed by atoms with E-state index < -0.39 is 16.1 Å². The summed E-state index contributed by atoms with van der Waals surface area (Å²) in [6.07, 6.45) is 2.60. The van der Waals surface area contributed by atoms with Gasteiger partial charge in [-0.05, 0) is 68.5 Å². The molecule has 158 valence electrons. The Morgan fingerprint density at radius 1 is 1.14 bits per heavy atom. The third kappa shape index (κ3) is 5.97. The average molecular weight is 419 g/mol. The van der Waals surface area contributed by atoms with E-state index in [0.29, 0.717) is 12.2 Å². The van der Waals surface area contributed by atoms with Crippen molar-refractivity contribution in [1.82, 2.24) is 5.32 Å². The molecule has 0 saturated carbocycles. The van der Waals surface area contributed by atoms with Gasteiger partial charge in [-0.25, -0.2) is 8.42 Å². The molecule has 0 fully saturated rings. The Kier molecular flexibility index (Phi) is 7.67. The van der Waals surface area contributed by atoms with Gasteiger partial charge in [0.1, 0.15) is 11.8 Å². The minimum absolute atomic E-state index is 0.325. The van der Waals surface area contributed by atoms with E-state index in [1.165, 1.54) is 4.31 Å². The number of para-hydroxylation sites is 1. The summed E-state index contributed by atoms with van der Waals surface area (Å²) in [5.74, 6) is 0.499. The highest BCUT2D eigenvalue weighted by Crippen LogP contribution is 2.24. The number of methoxy groups -OCH3 is 1. The van der Waals surface area contributed by atoms with Crippen LogP contribution in [-0.2, 0) is 21.2 Å². The molecule has 1 amide bonds. The van der Waals surface area contributed by atoms with E-state index in [1.807, 2.05) is 44.2 Å². The van der Waals surface area contributed by atoms with Gasteiger partial charge in [0.2, 0.25) is 15.9 Å². The molecule has 6 nitrogen and oxygen atoms in total. The molecule has 2 aromatic carbocycles. The molecular weight excluding hydrogens is 388 g/mol. The standard InChI is InChI=1S/C22H30N2O4S/c1-16-12-13-20(15-17(16)2)24(29(5,26)27)18(3)22(25)23-14-8-10-19-9-6-7-11-21(19)28-4/h6-7,9,11-13,15,18H,8,10,14H2,1-5H3,(H,23,25)/t18-/m0/s1. The largest absolute Gasteiger partial charge is 0.496 e. The van der Waals surface area contributed by atoms with Gasteiger partial charge in [-0.3, -0.25) is 9.10 Å². The number of hydrogen-bond acceptors (Lipinski definition) is 4. The van der Waals surface area contributed by atoms with Gasteiger partial charge in [0.05, 0.1) is 19.1 Å². The zero-order valence-corrected chi connectivity index (χ0v) is 18.5. The molecule has 0 aliphatic heterocycles. The van der Waals surface area contributed by atoms with Crippen molar-refractivity contribution in [3.8, 4) is 5.75 Å². The molecular formula is C22H30N2O4S. The fourth-order valence-electron chi connectivity index (χ4n) is 3.22. The molecule has 0 aromatic heterocycles. The van der Waals surface area contributed by atoms with Crippen molar-refractivity contribution in [3.05, 3.63) is 59.2 Å². The first-order chi connectivity index (χ1) is 13.6. The lowest BCUT2D eigenvalue weighted by molar-refractivity contribution is -0.121. The fourth-order valence-corrected chi connectivity index (χ4v) is 4.39. The number of nitrogens with zero attached hydrogens (tertiary/aromatic N) is 1. The van der Waals surface area contributed by atoms with Crippen LogP contribution in [0.1, 0.15) is 30.0 Å². The summed E-state index contributed by atoms with van der Waals surface area (Å²) in [5.41, 5.74) is 3.61. The molecule has 0 radical (unpaired) electrons. The number of hydrogen-bond donors (Lipinski definition) is 1. The van der Waals surface area contributed by atoms with Crippen molar-refractivity contribution >= 4 is 21.6 Å². The third-order valence-corrected chi connectivity index (χ3v) is 6.19. The van der Waals surface area contributed by atoms with Crippen LogP contribution >= 0.6 is 0 Å². The van der Waals surface area contributed by atoms with Crippen molar-refractivity contribution in [3.63, 3.8) is 0 Å². The van der Waals surface area contributed by atoms with E-state index in [0.717, 1.165) is 41.5 Å². The van der Waals surface area contributed by atoms with Crippen LogP contribution in [0, 0.1) is 13.8 Å². The topological polar surface area (TPSA) is 75.7 Å². The zero-order chi connectivity index (χ0) is 21.6. The van der Waals surface area contributed by atoms with Gasteiger partial charge >= 0.3 is 0 Å². The molecule has 0 unspecified atom stereocenters. The van der Waals surface area contributed by atoms with Gasteiger partial charge in [-0.15, -0.1) is 0 Å². The second-order valence-electron chi connectivity index (χ2n) is 7.21. The Labute approximate surface area is 173 Å². The summed E-state index contributed by atoms with van der Waals surface area (Å²) in [6.45, 7) is 5.93. The predicted molar refractivity (Wildman–Crippen MR) is 117 cm³/mol. The molecule has 7 heteroatoms. The Morgan fingerprint density at radius 3 is 2.45 bits per heavy atom. The lowest BCUT2D eigenvalue weighted by Gasteiger charge is -2.28. The average Bonchev–Trinajstić information content (AvgIpc) is 2.67. The summed E-state index contributed by atoms with van der Waals surface area (Å²) < 4.78 is 31.3.